The number of benzene rings is 1. The van der Waals surface area contributed by atoms with E-state index in [4.69, 9.17) is 0 Å². The lowest BCUT2D eigenvalue weighted by Gasteiger charge is -2.24. The second-order valence-corrected chi connectivity index (χ2v) is 6.66. The van der Waals surface area contributed by atoms with Crippen LogP contribution in [0.25, 0.3) is 0 Å². The first-order valence-electron chi connectivity index (χ1n) is 7.70. The van der Waals surface area contributed by atoms with E-state index in [2.05, 4.69) is 53.3 Å². The van der Waals surface area contributed by atoms with Crippen molar-refractivity contribution in [1.82, 2.24) is 5.32 Å². The molecule has 1 saturated carbocycles. The maximum atomic E-state index is 3.78. The van der Waals surface area contributed by atoms with Crippen LogP contribution >= 0.6 is 15.9 Å². The summed E-state index contributed by atoms with van der Waals surface area (Å²) in [6, 6.07) is 7.15. The summed E-state index contributed by atoms with van der Waals surface area (Å²) in [5, 5.41) is 3.75. The first-order valence-corrected chi connectivity index (χ1v) is 8.50. The third-order valence-corrected chi connectivity index (χ3v) is 5.36. The first kappa shape index (κ1) is 15.1. The van der Waals surface area contributed by atoms with Gasteiger partial charge >= 0.3 is 0 Å². The molecule has 0 radical (unpaired) electrons. The van der Waals surface area contributed by atoms with E-state index in [0.717, 1.165) is 12.5 Å². The molecule has 1 aliphatic carbocycles. The minimum atomic E-state index is 0.511. The zero-order chi connectivity index (χ0) is 13.7. The largest absolute Gasteiger partial charge is 0.310 e. The van der Waals surface area contributed by atoms with Gasteiger partial charge in [-0.25, -0.2) is 0 Å². The van der Waals surface area contributed by atoms with E-state index >= 15 is 0 Å². The van der Waals surface area contributed by atoms with E-state index in [1.807, 2.05) is 0 Å². The van der Waals surface area contributed by atoms with Crippen LogP contribution in [0.15, 0.2) is 22.7 Å². The third kappa shape index (κ3) is 4.06. The Hall–Kier alpha value is -0.340. The fourth-order valence-corrected chi connectivity index (χ4v) is 3.70. The van der Waals surface area contributed by atoms with Crippen molar-refractivity contribution < 1.29 is 0 Å². The molecule has 19 heavy (non-hydrogen) atoms. The summed E-state index contributed by atoms with van der Waals surface area (Å²) in [5.41, 5.74) is 2.78. The van der Waals surface area contributed by atoms with Gasteiger partial charge in [-0.1, -0.05) is 66.7 Å². The normalized spacial score (nSPS) is 17.8. The maximum absolute atomic E-state index is 3.78. The molecule has 0 aliphatic heterocycles. The molecule has 1 fully saturated rings. The molecule has 2 rings (SSSR count). The molecule has 1 nitrogen and oxygen atoms in total. The van der Waals surface area contributed by atoms with Crippen molar-refractivity contribution in [1.29, 1.82) is 0 Å². The van der Waals surface area contributed by atoms with Gasteiger partial charge in [0, 0.05) is 10.5 Å². The van der Waals surface area contributed by atoms with Crippen LogP contribution in [0, 0.1) is 12.8 Å². The Morgan fingerprint density at radius 1 is 1.32 bits per heavy atom. The van der Waals surface area contributed by atoms with Crippen LogP contribution in [0.4, 0.5) is 0 Å². The minimum absolute atomic E-state index is 0.511. The van der Waals surface area contributed by atoms with Crippen molar-refractivity contribution in [2.75, 3.05) is 6.54 Å². The van der Waals surface area contributed by atoms with Gasteiger partial charge in [0.1, 0.15) is 0 Å². The molecule has 0 heterocycles. The van der Waals surface area contributed by atoms with E-state index < -0.39 is 0 Å². The average molecular weight is 324 g/mol. The molecular formula is C17H26BrN. The van der Waals surface area contributed by atoms with Gasteiger partial charge in [0.2, 0.25) is 0 Å². The Bertz CT molecular complexity index is 396. The van der Waals surface area contributed by atoms with Crippen LogP contribution < -0.4 is 5.32 Å². The number of aryl methyl sites for hydroxylation is 1. The van der Waals surface area contributed by atoms with E-state index in [1.54, 1.807) is 0 Å². The number of hydrogen-bond donors (Lipinski definition) is 1. The van der Waals surface area contributed by atoms with E-state index in [0.29, 0.717) is 6.04 Å². The summed E-state index contributed by atoms with van der Waals surface area (Å²) in [6.07, 6.45) is 8.20. The van der Waals surface area contributed by atoms with Crippen molar-refractivity contribution in [2.45, 2.75) is 58.4 Å². The Balaban J connectivity index is 2.13. The number of rotatable bonds is 6. The number of halogens is 1. The van der Waals surface area contributed by atoms with Crippen molar-refractivity contribution >= 4 is 15.9 Å². The second-order valence-electron chi connectivity index (χ2n) is 5.87. The fourth-order valence-electron chi connectivity index (χ4n) is 3.16. The summed E-state index contributed by atoms with van der Waals surface area (Å²) in [5.74, 6) is 0.918. The van der Waals surface area contributed by atoms with Crippen LogP contribution in [0.3, 0.4) is 0 Å². The molecule has 0 aromatic heterocycles. The van der Waals surface area contributed by atoms with Gasteiger partial charge in [0.15, 0.2) is 0 Å². The van der Waals surface area contributed by atoms with E-state index in [-0.39, 0.29) is 0 Å². The van der Waals surface area contributed by atoms with Gasteiger partial charge in [0.25, 0.3) is 0 Å². The summed E-state index contributed by atoms with van der Waals surface area (Å²) in [4.78, 5) is 0. The molecular weight excluding hydrogens is 298 g/mol. The molecule has 0 amide bonds. The SMILES string of the molecule is CCCNC(CC1CCCC1)c1cccc(C)c1Br. The highest BCUT2D eigenvalue weighted by Gasteiger charge is 2.22. The van der Waals surface area contributed by atoms with Crippen LogP contribution in [-0.2, 0) is 0 Å². The summed E-state index contributed by atoms with van der Waals surface area (Å²) in [6.45, 7) is 5.53. The lowest BCUT2D eigenvalue weighted by Crippen LogP contribution is -2.24. The smallest absolute Gasteiger partial charge is 0.0334 e. The average Bonchev–Trinajstić information content (AvgIpc) is 2.91. The molecule has 0 spiro atoms. The van der Waals surface area contributed by atoms with Crippen molar-refractivity contribution in [2.24, 2.45) is 5.92 Å². The summed E-state index contributed by atoms with van der Waals surface area (Å²) < 4.78 is 1.29. The fraction of sp³-hybridized carbons (Fsp3) is 0.647. The molecule has 1 aromatic rings. The van der Waals surface area contributed by atoms with Crippen LogP contribution in [0.1, 0.15) is 62.6 Å². The Morgan fingerprint density at radius 3 is 2.74 bits per heavy atom. The predicted octanol–water partition coefficient (Wildman–Crippen LogP) is 5.38. The predicted molar refractivity (Wildman–Crippen MR) is 86.5 cm³/mol. The zero-order valence-electron chi connectivity index (χ0n) is 12.2. The second kappa shape index (κ2) is 7.44. The third-order valence-electron chi connectivity index (χ3n) is 4.28. The van der Waals surface area contributed by atoms with Crippen molar-refractivity contribution in [3.8, 4) is 0 Å². The standard InChI is InChI=1S/C17H26BrN/c1-3-11-19-16(12-14-8-4-5-9-14)15-10-6-7-13(2)17(15)18/h6-7,10,14,16,19H,3-5,8-9,11-12H2,1-2H3. The van der Waals surface area contributed by atoms with Crippen LogP contribution in [-0.4, -0.2) is 6.54 Å². The topological polar surface area (TPSA) is 12.0 Å². The Morgan fingerprint density at radius 2 is 2.05 bits per heavy atom. The molecule has 1 unspecified atom stereocenters. The van der Waals surface area contributed by atoms with Gasteiger partial charge in [-0.15, -0.1) is 0 Å². The van der Waals surface area contributed by atoms with E-state index in [9.17, 15) is 0 Å². The van der Waals surface area contributed by atoms with E-state index in [1.165, 1.54) is 54.1 Å². The molecule has 106 valence electrons. The van der Waals surface area contributed by atoms with Gasteiger partial charge in [0.05, 0.1) is 0 Å². The highest BCUT2D eigenvalue weighted by molar-refractivity contribution is 9.10. The van der Waals surface area contributed by atoms with Crippen LogP contribution in [0.5, 0.6) is 0 Å². The lowest BCUT2D eigenvalue weighted by molar-refractivity contribution is 0.394. The van der Waals surface area contributed by atoms with Gasteiger partial charge < -0.3 is 5.32 Å². The molecule has 2 heteroatoms. The highest BCUT2D eigenvalue weighted by atomic mass is 79.9. The Kier molecular flexibility index (Phi) is 5.90. The van der Waals surface area contributed by atoms with Gasteiger partial charge in [-0.3, -0.25) is 0 Å². The monoisotopic (exact) mass is 323 g/mol. The molecule has 1 aliphatic rings. The quantitative estimate of drug-likeness (QED) is 0.741. The number of hydrogen-bond acceptors (Lipinski definition) is 1. The number of nitrogens with one attached hydrogen (secondary N) is 1. The lowest BCUT2D eigenvalue weighted by atomic mass is 9.92. The summed E-state index contributed by atoms with van der Waals surface area (Å²) in [7, 11) is 0. The Labute approximate surface area is 126 Å². The molecule has 0 bridgehead atoms. The van der Waals surface area contributed by atoms with Gasteiger partial charge in [-0.2, -0.15) is 0 Å². The zero-order valence-corrected chi connectivity index (χ0v) is 13.8. The molecule has 0 saturated heterocycles. The maximum Gasteiger partial charge on any atom is 0.0334 e. The molecule has 1 N–H and O–H groups in total. The van der Waals surface area contributed by atoms with Crippen molar-refractivity contribution in [3.05, 3.63) is 33.8 Å². The highest BCUT2D eigenvalue weighted by Crippen LogP contribution is 2.36. The van der Waals surface area contributed by atoms with Gasteiger partial charge in [-0.05, 0) is 43.4 Å². The summed E-state index contributed by atoms with van der Waals surface area (Å²) >= 11 is 3.78. The first-order chi connectivity index (χ1) is 9.22. The molecule has 1 aromatic carbocycles. The molecule has 1 atom stereocenters. The van der Waals surface area contributed by atoms with Crippen LogP contribution in [0.2, 0.25) is 0 Å². The minimum Gasteiger partial charge on any atom is -0.310 e. The van der Waals surface area contributed by atoms with Crippen molar-refractivity contribution in [3.63, 3.8) is 0 Å².